The second kappa shape index (κ2) is 12.0. The van der Waals surface area contributed by atoms with Crippen molar-refractivity contribution in [1.29, 1.82) is 5.26 Å². The van der Waals surface area contributed by atoms with Crippen molar-refractivity contribution in [2.24, 2.45) is 0 Å². The highest BCUT2D eigenvalue weighted by Crippen LogP contribution is 2.53. The number of methoxy groups -OCH3 is 1. The lowest BCUT2D eigenvalue weighted by Gasteiger charge is -2.28. The van der Waals surface area contributed by atoms with E-state index in [9.17, 15) is 14.9 Å². The predicted molar refractivity (Wildman–Crippen MR) is 164 cm³/mol. The average Bonchev–Trinajstić information content (AvgIpc) is 3.00. The summed E-state index contributed by atoms with van der Waals surface area (Å²) in [4.78, 5) is 24.4. The molecule has 0 amide bonds. The minimum Gasteiger partial charge on any atom is -0.465 e. The first-order valence-electron chi connectivity index (χ1n) is 12.5. The van der Waals surface area contributed by atoms with Gasteiger partial charge in [-0.3, -0.25) is 0 Å². The fourth-order valence-corrected chi connectivity index (χ4v) is 6.12. The van der Waals surface area contributed by atoms with E-state index in [0.717, 1.165) is 5.56 Å². The number of carbonyl (C=O) groups is 1. The van der Waals surface area contributed by atoms with E-state index in [1.165, 1.54) is 7.11 Å². The van der Waals surface area contributed by atoms with Crippen molar-refractivity contribution >= 4 is 46.7 Å². The summed E-state index contributed by atoms with van der Waals surface area (Å²) in [6.07, 6.45) is 5.15. The summed E-state index contributed by atoms with van der Waals surface area (Å²) in [5, 5.41) is 11.0. The Morgan fingerprint density at radius 3 is 2.07 bits per heavy atom. The summed E-state index contributed by atoms with van der Waals surface area (Å²) in [5.41, 5.74) is 5.33. The number of nitriles is 1. The predicted octanol–water partition coefficient (Wildman–Crippen LogP) is 9.30. The van der Waals surface area contributed by atoms with E-state index in [2.05, 4.69) is 6.07 Å². The van der Waals surface area contributed by atoms with Crippen molar-refractivity contribution in [2.45, 2.75) is 5.92 Å². The number of hydrogen-bond donors (Lipinski definition) is 0. The van der Waals surface area contributed by atoms with Crippen LogP contribution < -0.4 is 0 Å². The van der Waals surface area contributed by atoms with Crippen LogP contribution in [0.4, 0.5) is 0 Å². The van der Waals surface area contributed by atoms with Crippen molar-refractivity contribution in [3.05, 3.63) is 134 Å². The zero-order valence-corrected chi connectivity index (χ0v) is 23.9. The number of halogens is 3. The fourth-order valence-electron chi connectivity index (χ4n) is 5.05. The highest BCUT2D eigenvalue weighted by Gasteiger charge is 2.32. The molecule has 0 aromatic heterocycles. The maximum atomic E-state index is 12.3. The Morgan fingerprint density at radius 2 is 1.46 bits per heavy atom. The molecular weight excluding hydrogens is 577 g/mol. The molecule has 4 aromatic rings. The molecule has 0 N–H and O–H groups in total. The minimum absolute atomic E-state index is 0.178. The van der Waals surface area contributed by atoms with Crippen LogP contribution in [0.15, 0.2) is 108 Å². The topological polar surface area (TPSA) is 67.2 Å². The van der Waals surface area contributed by atoms with Crippen molar-refractivity contribution < 1.29 is 14.3 Å². The molecule has 0 spiro atoms. The molecule has 0 saturated heterocycles. The van der Waals surface area contributed by atoms with Crippen LogP contribution in [0.2, 0.25) is 15.1 Å². The molecule has 4 aromatic carbocycles. The summed E-state index contributed by atoms with van der Waals surface area (Å²) in [7, 11) is 1.32. The molecular formula is C34H20Cl3NO3. The van der Waals surface area contributed by atoms with Crippen LogP contribution in [0.5, 0.6) is 0 Å². The molecule has 0 fully saturated rings. The molecule has 41 heavy (non-hydrogen) atoms. The lowest BCUT2D eigenvalue weighted by molar-refractivity contribution is 0.0600. The number of allylic oxidation sites excluding steroid dienone is 5. The van der Waals surface area contributed by atoms with E-state index >= 15 is 0 Å². The van der Waals surface area contributed by atoms with Crippen LogP contribution in [-0.2, 0) is 9.53 Å². The van der Waals surface area contributed by atoms with Gasteiger partial charge in [0.15, 0.2) is 0 Å². The van der Waals surface area contributed by atoms with Crippen LogP contribution in [0.3, 0.4) is 0 Å². The largest absolute Gasteiger partial charge is 0.465 e. The average molecular weight is 597 g/mol. The number of benzene rings is 4. The molecule has 0 saturated carbocycles. The van der Waals surface area contributed by atoms with Crippen LogP contribution >= 0.6 is 34.8 Å². The molecule has 4 nitrogen and oxygen atoms in total. The van der Waals surface area contributed by atoms with Gasteiger partial charge >= 0.3 is 5.97 Å². The molecule has 1 aliphatic carbocycles. The van der Waals surface area contributed by atoms with Gasteiger partial charge in [0.2, 0.25) is 0 Å². The molecule has 7 heteroatoms. The van der Waals surface area contributed by atoms with Crippen molar-refractivity contribution in [2.75, 3.05) is 7.11 Å². The molecule has 1 unspecified atom stereocenters. The normalized spacial score (nSPS) is 14.2. The second-order valence-corrected chi connectivity index (χ2v) is 10.4. The molecule has 5 rings (SSSR count). The molecule has 200 valence electrons. The third-order valence-corrected chi connectivity index (χ3v) is 7.89. The Morgan fingerprint density at radius 1 is 0.829 bits per heavy atom. The number of rotatable bonds is 5. The van der Waals surface area contributed by atoms with Crippen LogP contribution in [0.1, 0.15) is 21.8 Å². The standard InChI is InChI=1S/C34H20Cl3NO3/c1-41-34(40)22-15-13-21(14-16-22)30-32(36)28(20-7-3-2-4-8-20)31(26-12-6-10-24(18-38)27(26)19-39)29(33(30)37)23-9-5-11-25(35)17-23/h2-17,26H,1H3. The van der Waals surface area contributed by atoms with Gasteiger partial charge in [-0.05, 0) is 52.6 Å². The molecule has 0 radical (unpaired) electrons. The van der Waals surface area contributed by atoms with Gasteiger partial charge in [0.25, 0.3) is 0 Å². The molecule has 0 bridgehead atoms. The Balaban J connectivity index is 1.93. The van der Waals surface area contributed by atoms with Gasteiger partial charge in [-0.1, -0.05) is 102 Å². The van der Waals surface area contributed by atoms with Crippen LogP contribution in [0.25, 0.3) is 33.4 Å². The Bertz CT molecular complexity index is 1830. The quantitative estimate of drug-likeness (QED) is 0.170. The van der Waals surface area contributed by atoms with E-state index < -0.39 is 11.9 Å². The van der Waals surface area contributed by atoms with Crippen molar-refractivity contribution in [3.63, 3.8) is 0 Å². The number of hydrogen-bond acceptors (Lipinski definition) is 4. The maximum absolute atomic E-state index is 12.3. The summed E-state index contributed by atoms with van der Waals surface area (Å²) in [5.74, 6) is 0.854. The van der Waals surface area contributed by atoms with Gasteiger partial charge in [0.05, 0.1) is 33.9 Å². The van der Waals surface area contributed by atoms with Crippen molar-refractivity contribution in [1.82, 2.24) is 0 Å². The highest BCUT2D eigenvalue weighted by molar-refractivity contribution is 6.43. The first kappa shape index (κ1) is 28.2. The third kappa shape index (κ3) is 5.25. The van der Waals surface area contributed by atoms with Gasteiger partial charge in [-0.25, -0.2) is 9.59 Å². The number of ether oxygens (including phenoxy) is 1. The van der Waals surface area contributed by atoms with Gasteiger partial charge in [-0.15, -0.1) is 0 Å². The lowest BCUT2D eigenvalue weighted by atomic mass is 9.76. The summed E-state index contributed by atoms with van der Waals surface area (Å²) < 4.78 is 4.84. The Hall–Kier alpha value is -4.36. The third-order valence-electron chi connectivity index (χ3n) is 6.90. The maximum Gasteiger partial charge on any atom is 0.337 e. The Kier molecular flexibility index (Phi) is 8.26. The smallest absolute Gasteiger partial charge is 0.337 e. The van der Waals surface area contributed by atoms with E-state index in [-0.39, 0.29) is 11.1 Å². The number of carbonyl (C=O) groups excluding carboxylic acids is 2. The van der Waals surface area contributed by atoms with Gasteiger partial charge in [-0.2, -0.15) is 5.26 Å². The molecule has 1 aliphatic rings. The Labute approximate surface area is 252 Å². The lowest BCUT2D eigenvalue weighted by Crippen LogP contribution is -2.11. The van der Waals surface area contributed by atoms with E-state index in [1.54, 1.807) is 48.6 Å². The summed E-state index contributed by atoms with van der Waals surface area (Å²) >= 11 is 21.0. The number of esters is 1. The van der Waals surface area contributed by atoms with E-state index in [4.69, 9.17) is 39.5 Å². The zero-order chi connectivity index (χ0) is 29.1. The van der Waals surface area contributed by atoms with Crippen molar-refractivity contribution in [3.8, 4) is 39.4 Å². The fraction of sp³-hybridized carbons (Fsp3) is 0.0588. The molecule has 0 aliphatic heterocycles. The first-order valence-corrected chi connectivity index (χ1v) is 13.6. The zero-order valence-electron chi connectivity index (χ0n) is 21.6. The highest BCUT2D eigenvalue weighted by atomic mass is 35.5. The summed E-state index contributed by atoms with van der Waals surface area (Å²) in [6, 6.07) is 25.6. The first-order chi connectivity index (χ1) is 19.9. The number of nitrogens with zero attached hydrogens (tertiary/aromatic N) is 1. The van der Waals surface area contributed by atoms with Crippen LogP contribution in [-0.4, -0.2) is 19.0 Å². The minimum atomic E-state index is -0.679. The second-order valence-electron chi connectivity index (χ2n) is 9.18. The monoisotopic (exact) mass is 595 g/mol. The van der Waals surface area contributed by atoms with Crippen LogP contribution in [0, 0.1) is 11.3 Å². The summed E-state index contributed by atoms with van der Waals surface area (Å²) in [6.45, 7) is 0. The molecule has 0 heterocycles. The molecule has 1 atom stereocenters. The SMILES string of the molecule is COC(=O)c1ccc(-c2c(Cl)c(-c3ccccc3)c(C3C=CC=C(C#N)C3=C=O)c(-c3cccc(Cl)c3)c2Cl)cc1. The van der Waals surface area contributed by atoms with Gasteiger partial charge in [0.1, 0.15) is 12.0 Å². The van der Waals surface area contributed by atoms with Gasteiger partial charge in [0, 0.05) is 27.6 Å². The van der Waals surface area contributed by atoms with E-state index in [0.29, 0.717) is 54.0 Å². The van der Waals surface area contributed by atoms with Gasteiger partial charge < -0.3 is 4.74 Å². The van der Waals surface area contributed by atoms with E-state index in [1.807, 2.05) is 54.5 Å².